The van der Waals surface area contributed by atoms with Crippen LogP contribution in [-0.4, -0.2) is 30.2 Å². The Morgan fingerprint density at radius 1 is 1.10 bits per heavy atom. The number of hydrogen-bond acceptors (Lipinski definition) is 6. The van der Waals surface area contributed by atoms with Gasteiger partial charge in [-0.2, -0.15) is 0 Å². The Morgan fingerprint density at radius 3 is 2.57 bits per heavy atom. The molecule has 0 saturated carbocycles. The monoisotopic (exact) mass is 465 g/mol. The van der Waals surface area contributed by atoms with Crippen molar-refractivity contribution in [3.05, 3.63) is 58.6 Å². The predicted octanol–water partition coefficient (Wildman–Crippen LogP) is 5.70. The summed E-state index contributed by atoms with van der Waals surface area (Å²) in [6.07, 6.45) is -0.621. The number of rotatable bonds is 7. The number of halogens is 2. The lowest BCUT2D eigenvalue weighted by molar-refractivity contribution is -0.118. The van der Waals surface area contributed by atoms with Crippen LogP contribution in [0.4, 0.5) is 14.9 Å². The highest BCUT2D eigenvalue weighted by molar-refractivity contribution is 7.20. The highest BCUT2D eigenvalue weighted by atomic mass is 35.5. The van der Waals surface area contributed by atoms with Crippen molar-refractivity contribution in [3.8, 4) is 17.0 Å². The molecule has 0 fully saturated rings. The normalized spacial score (nSPS) is 10.4. The van der Waals surface area contributed by atoms with E-state index >= 15 is 0 Å². The van der Waals surface area contributed by atoms with Crippen LogP contribution in [0.25, 0.3) is 11.3 Å². The van der Waals surface area contributed by atoms with E-state index in [-0.39, 0.29) is 13.2 Å². The van der Waals surface area contributed by atoms with Crippen molar-refractivity contribution >= 4 is 56.7 Å². The molecule has 2 aromatic carbocycles. The van der Waals surface area contributed by atoms with Gasteiger partial charge >= 0.3 is 6.09 Å². The zero-order valence-electron chi connectivity index (χ0n) is 15.8. The number of nitrogens with zero attached hydrogens (tertiary/aromatic N) is 1. The number of aromatic nitrogens is 1. The highest BCUT2D eigenvalue weighted by Gasteiger charge is 2.18. The smallest absolute Gasteiger partial charge is 0.413 e. The number of carbonyl (C=O) groups is 2. The Bertz CT molecular complexity index is 1040. The lowest BCUT2D eigenvalue weighted by Gasteiger charge is -2.09. The maximum Gasteiger partial charge on any atom is 0.413 e. The van der Waals surface area contributed by atoms with Gasteiger partial charge < -0.3 is 14.8 Å². The van der Waals surface area contributed by atoms with Gasteiger partial charge in [0.1, 0.15) is 16.4 Å². The van der Waals surface area contributed by atoms with Gasteiger partial charge in [-0.1, -0.05) is 64.9 Å². The highest BCUT2D eigenvalue weighted by Crippen LogP contribution is 2.36. The van der Waals surface area contributed by atoms with Gasteiger partial charge in [0, 0.05) is 10.6 Å². The van der Waals surface area contributed by atoms with Crippen LogP contribution in [0.3, 0.4) is 0 Å². The predicted molar refractivity (Wildman–Crippen MR) is 119 cm³/mol. The Morgan fingerprint density at radius 2 is 1.87 bits per heavy atom. The first kappa shape index (κ1) is 21.9. The number of ether oxygens (including phenoxy) is 2. The first-order valence-electron chi connectivity index (χ1n) is 8.84. The molecule has 0 saturated heterocycles. The van der Waals surface area contributed by atoms with E-state index in [0.29, 0.717) is 31.6 Å². The number of thiazole rings is 1. The van der Waals surface area contributed by atoms with Crippen molar-refractivity contribution in [2.24, 2.45) is 0 Å². The van der Waals surface area contributed by atoms with E-state index in [1.54, 1.807) is 19.1 Å². The maximum absolute atomic E-state index is 12.4. The third-order valence-corrected chi connectivity index (χ3v) is 5.08. The first-order valence-corrected chi connectivity index (χ1v) is 10.4. The zero-order valence-corrected chi connectivity index (χ0v) is 18.1. The van der Waals surface area contributed by atoms with E-state index < -0.39 is 12.0 Å². The summed E-state index contributed by atoms with van der Waals surface area (Å²) in [5, 5.41) is 6.85. The Hall–Kier alpha value is -2.81. The molecule has 2 amide bonds. The molecule has 3 rings (SSSR count). The summed E-state index contributed by atoms with van der Waals surface area (Å²) in [7, 11) is 0. The molecule has 0 atom stereocenters. The van der Waals surface area contributed by atoms with Gasteiger partial charge in [-0.25, -0.2) is 9.78 Å². The van der Waals surface area contributed by atoms with Crippen LogP contribution in [0, 0.1) is 0 Å². The van der Waals surface area contributed by atoms with Gasteiger partial charge in [0.2, 0.25) is 0 Å². The maximum atomic E-state index is 12.4. The van der Waals surface area contributed by atoms with E-state index in [9.17, 15) is 9.59 Å². The van der Waals surface area contributed by atoms with Crippen LogP contribution in [0.1, 0.15) is 6.92 Å². The molecule has 7 nitrogen and oxygen atoms in total. The lowest BCUT2D eigenvalue weighted by atomic mass is 10.2. The van der Waals surface area contributed by atoms with Crippen molar-refractivity contribution in [3.63, 3.8) is 0 Å². The molecule has 30 heavy (non-hydrogen) atoms. The van der Waals surface area contributed by atoms with Crippen molar-refractivity contribution in [1.29, 1.82) is 0 Å². The molecule has 1 aromatic heterocycles. The van der Waals surface area contributed by atoms with Crippen LogP contribution in [0.15, 0.2) is 48.5 Å². The van der Waals surface area contributed by atoms with Crippen LogP contribution >= 0.6 is 34.5 Å². The van der Waals surface area contributed by atoms with Crippen molar-refractivity contribution in [2.45, 2.75) is 6.92 Å². The summed E-state index contributed by atoms with van der Waals surface area (Å²) in [5.41, 5.74) is 1.30. The Balaban J connectivity index is 1.75. The second-order valence-electron chi connectivity index (χ2n) is 5.82. The summed E-state index contributed by atoms with van der Waals surface area (Å²) < 4.78 is 10.3. The van der Waals surface area contributed by atoms with Gasteiger partial charge in [0.15, 0.2) is 11.7 Å². The molecule has 0 aliphatic heterocycles. The second kappa shape index (κ2) is 10.3. The number of benzene rings is 2. The summed E-state index contributed by atoms with van der Waals surface area (Å²) in [6.45, 7) is 1.67. The Labute approximate surface area is 186 Å². The minimum absolute atomic E-state index is 0.233. The topological polar surface area (TPSA) is 89.5 Å². The average molecular weight is 466 g/mol. The largest absolute Gasteiger partial charge is 0.482 e. The summed E-state index contributed by atoms with van der Waals surface area (Å²) >= 11 is 13.0. The van der Waals surface area contributed by atoms with Crippen molar-refractivity contribution in [2.75, 3.05) is 23.8 Å². The molecule has 0 spiro atoms. The van der Waals surface area contributed by atoms with Crippen LogP contribution < -0.4 is 15.4 Å². The van der Waals surface area contributed by atoms with Gasteiger partial charge in [0.05, 0.1) is 11.6 Å². The van der Waals surface area contributed by atoms with Gasteiger partial charge in [-0.3, -0.25) is 10.1 Å². The van der Waals surface area contributed by atoms with Crippen molar-refractivity contribution < 1.29 is 19.1 Å². The van der Waals surface area contributed by atoms with Crippen LogP contribution in [-0.2, 0) is 9.53 Å². The quantitative estimate of drug-likeness (QED) is 0.466. The SMILES string of the molecule is CCOC(=O)Nc1nc(-c2ccccc2)c(NC(=O)COc2ccc(Cl)cc2Cl)s1. The molecule has 0 aliphatic rings. The van der Waals surface area contributed by atoms with E-state index in [4.69, 9.17) is 32.7 Å². The van der Waals surface area contributed by atoms with E-state index in [1.807, 2.05) is 30.3 Å². The molecule has 1 heterocycles. The number of amides is 2. The lowest BCUT2D eigenvalue weighted by Crippen LogP contribution is -2.20. The standard InChI is InChI=1S/C20H17Cl2N3O4S/c1-2-28-20(27)25-19-24-17(12-6-4-3-5-7-12)18(30-19)23-16(26)11-29-15-9-8-13(21)10-14(15)22/h3-10H,2,11H2,1H3,(H,23,26)(H,24,25,27). The van der Waals surface area contributed by atoms with Gasteiger partial charge in [0.25, 0.3) is 5.91 Å². The molecule has 156 valence electrons. The van der Waals surface area contributed by atoms with Gasteiger partial charge in [-0.15, -0.1) is 0 Å². The number of nitrogens with one attached hydrogen (secondary N) is 2. The second-order valence-corrected chi connectivity index (χ2v) is 7.66. The molecule has 10 heteroatoms. The molecule has 2 N–H and O–H groups in total. The molecule has 0 bridgehead atoms. The number of anilines is 2. The zero-order chi connectivity index (χ0) is 21.5. The fraction of sp³-hybridized carbons (Fsp3) is 0.150. The fourth-order valence-electron chi connectivity index (χ4n) is 2.40. The summed E-state index contributed by atoms with van der Waals surface area (Å²) in [5.74, 6) is -0.0713. The molecular formula is C20H17Cl2N3O4S. The molecule has 0 aliphatic carbocycles. The number of carbonyl (C=O) groups excluding carboxylic acids is 2. The fourth-order valence-corrected chi connectivity index (χ4v) is 3.76. The van der Waals surface area contributed by atoms with E-state index in [1.165, 1.54) is 6.07 Å². The molecular weight excluding hydrogens is 449 g/mol. The minimum atomic E-state index is -0.621. The minimum Gasteiger partial charge on any atom is -0.482 e. The molecule has 3 aromatic rings. The van der Waals surface area contributed by atoms with Crippen LogP contribution in [0.2, 0.25) is 10.0 Å². The van der Waals surface area contributed by atoms with E-state index in [2.05, 4.69) is 15.6 Å². The summed E-state index contributed by atoms with van der Waals surface area (Å²) in [6, 6.07) is 14.0. The van der Waals surface area contributed by atoms with E-state index in [0.717, 1.165) is 16.9 Å². The third-order valence-electron chi connectivity index (χ3n) is 3.66. The van der Waals surface area contributed by atoms with Gasteiger partial charge in [-0.05, 0) is 25.1 Å². The van der Waals surface area contributed by atoms with Crippen LogP contribution in [0.5, 0.6) is 5.75 Å². The third kappa shape index (κ3) is 5.85. The summed E-state index contributed by atoms with van der Waals surface area (Å²) in [4.78, 5) is 28.6. The first-order chi connectivity index (χ1) is 14.5. The number of hydrogen-bond donors (Lipinski definition) is 2. The Kier molecular flexibility index (Phi) is 7.51. The average Bonchev–Trinajstić information content (AvgIpc) is 3.10. The molecule has 0 radical (unpaired) electrons. The molecule has 0 unspecified atom stereocenters. The van der Waals surface area contributed by atoms with Crippen molar-refractivity contribution in [1.82, 2.24) is 4.98 Å².